The zero-order valence-corrected chi connectivity index (χ0v) is 14.5. The van der Waals surface area contributed by atoms with E-state index in [1.54, 1.807) is 0 Å². The molecular weight excluding hydrogens is 282 g/mol. The molecule has 0 aromatic rings. The van der Waals surface area contributed by atoms with Crippen LogP contribution in [-0.2, 0) is 19.1 Å². The zero-order valence-electron chi connectivity index (χ0n) is 14.5. The minimum Gasteiger partial charge on any atom is -0.462 e. The summed E-state index contributed by atoms with van der Waals surface area (Å²) >= 11 is 0. The van der Waals surface area contributed by atoms with Gasteiger partial charge < -0.3 is 14.4 Å². The highest BCUT2D eigenvalue weighted by molar-refractivity contribution is 5.93. The van der Waals surface area contributed by atoms with Gasteiger partial charge in [-0.05, 0) is 26.9 Å². The number of hydrogen-bond acceptors (Lipinski definition) is 5. The van der Waals surface area contributed by atoms with Crippen LogP contribution >= 0.6 is 0 Å². The molecule has 1 atom stereocenters. The zero-order chi connectivity index (χ0) is 17.0. The lowest BCUT2D eigenvalue weighted by molar-refractivity contribution is -0.151. The minimum absolute atomic E-state index is 0.0602. The maximum absolute atomic E-state index is 11.9. The van der Waals surface area contributed by atoms with Crippen molar-refractivity contribution in [3.05, 3.63) is 12.2 Å². The third-order valence-corrected chi connectivity index (χ3v) is 3.21. The molecule has 0 aliphatic rings. The summed E-state index contributed by atoms with van der Waals surface area (Å²) in [6, 6.07) is 0. The Morgan fingerprint density at radius 2 is 1.82 bits per heavy atom. The standard InChI is InChI=1S/C17H31NO4/c1-6-8-10-15(9-7-2)22-16(19)13-14(3)17(20)21-12-11-18(4)5/h15H,3,6-13H2,1-2,4-5H3. The van der Waals surface area contributed by atoms with Crippen LogP contribution < -0.4 is 0 Å². The minimum atomic E-state index is -0.528. The largest absolute Gasteiger partial charge is 0.462 e. The molecule has 128 valence electrons. The number of ether oxygens (including phenoxy) is 2. The average molecular weight is 313 g/mol. The van der Waals surface area contributed by atoms with Gasteiger partial charge in [-0.2, -0.15) is 0 Å². The van der Waals surface area contributed by atoms with E-state index in [4.69, 9.17) is 9.47 Å². The Morgan fingerprint density at radius 1 is 1.14 bits per heavy atom. The van der Waals surface area contributed by atoms with E-state index in [1.165, 1.54) is 0 Å². The van der Waals surface area contributed by atoms with Gasteiger partial charge in [0.15, 0.2) is 0 Å². The van der Waals surface area contributed by atoms with Gasteiger partial charge in [0.25, 0.3) is 0 Å². The molecule has 0 heterocycles. The first-order valence-corrected chi connectivity index (χ1v) is 8.09. The summed E-state index contributed by atoms with van der Waals surface area (Å²) in [6.45, 7) is 8.71. The van der Waals surface area contributed by atoms with Crippen molar-refractivity contribution in [2.75, 3.05) is 27.2 Å². The fourth-order valence-corrected chi connectivity index (χ4v) is 1.91. The van der Waals surface area contributed by atoms with Crippen LogP contribution in [0.4, 0.5) is 0 Å². The van der Waals surface area contributed by atoms with Gasteiger partial charge in [0.2, 0.25) is 0 Å². The quantitative estimate of drug-likeness (QED) is 0.409. The Morgan fingerprint density at radius 3 is 2.36 bits per heavy atom. The number of nitrogens with zero attached hydrogens (tertiary/aromatic N) is 1. The van der Waals surface area contributed by atoms with Crippen LogP contribution in [0.25, 0.3) is 0 Å². The van der Waals surface area contributed by atoms with Crippen LogP contribution in [0.2, 0.25) is 0 Å². The fraction of sp³-hybridized carbons (Fsp3) is 0.765. The monoisotopic (exact) mass is 313 g/mol. The lowest BCUT2D eigenvalue weighted by atomic mass is 10.1. The van der Waals surface area contributed by atoms with E-state index in [0.29, 0.717) is 6.54 Å². The Hall–Kier alpha value is -1.36. The van der Waals surface area contributed by atoms with E-state index in [1.807, 2.05) is 19.0 Å². The van der Waals surface area contributed by atoms with Gasteiger partial charge in [0, 0.05) is 12.1 Å². The molecule has 0 radical (unpaired) electrons. The maximum atomic E-state index is 11.9. The van der Waals surface area contributed by atoms with Crippen molar-refractivity contribution < 1.29 is 19.1 Å². The average Bonchev–Trinajstić information content (AvgIpc) is 2.44. The van der Waals surface area contributed by atoms with E-state index in [2.05, 4.69) is 20.4 Å². The highest BCUT2D eigenvalue weighted by Gasteiger charge is 2.18. The molecule has 0 aromatic heterocycles. The van der Waals surface area contributed by atoms with Gasteiger partial charge in [-0.1, -0.05) is 39.7 Å². The maximum Gasteiger partial charge on any atom is 0.334 e. The molecule has 0 bridgehead atoms. The van der Waals surface area contributed by atoms with Gasteiger partial charge in [0.05, 0.1) is 6.42 Å². The van der Waals surface area contributed by atoms with Crippen molar-refractivity contribution in [1.82, 2.24) is 4.90 Å². The van der Waals surface area contributed by atoms with Gasteiger partial charge in [0.1, 0.15) is 12.7 Å². The molecule has 0 amide bonds. The van der Waals surface area contributed by atoms with Crippen LogP contribution in [0.15, 0.2) is 12.2 Å². The summed E-state index contributed by atoms with van der Waals surface area (Å²) in [6.07, 6.45) is 4.63. The molecule has 22 heavy (non-hydrogen) atoms. The summed E-state index contributed by atoms with van der Waals surface area (Å²) in [5.41, 5.74) is 0.148. The molecule has 0 fully saturated rings. The van der Waals surface area contributed by atoms with E-state index in [9.17, 15) is 9.59 Å². The predicted molar refractivity (Wildman–Crippen MR) is 87.6 cm³/mol. The van der Waals surface area contributed by atoms with E-state index in [0.717, 1.165) is 32.1 Å². The number of carbonyl (C=O) groups excluding carboxylic acids is 2. The topological polar surface area (TPSA) is 55.8 Å². The SMILES string of the molecule is C=C(CC(=O)OC(CCC)CCCC)C(=O)OCCN(C)C. The molecule has 5 heteroatoms. The smallest absolute Gasteiger partial charge is 0.334 e. The van der Waals surface area contributed by atoms with E-state index >= 15 is 0 Å². The third kappa shape index (κ3) is 10.4. The molecule has 0 aromatic carbocycles. The van der Waals surface area contributed by atoms with E-state index in [-0.39, 0.29) is 24.7 Å². The molecule has 0 aliphatic heterocycles. The summed E-state index contributed by atoms with van der Waals surface area (Å²) in [4.78, 5) is 25.5. The van der Waals surface area contributed by atoms with Crippen molar-refractivity contribution in [2.45, 2.75) is 58.5 Å². The fourth-order valence-electron chi connectivity index (χ4n) is 1.91. The Bertz CT molecular complexity index is 353. The van der Waals surface area contributed by atoms with Gasteiger partial charge in [-0.3, -0.25) is 4.79 Å². The molecule has 0 saturated heterocycles. The lowest BCUT2D eigenvalue weighted by Gasteiger charge is -2.17. The Labute approximate surface area is 134 Å². The predicted octanol–water partition coefficient (Wildman–Crippen LogP) is 2.94. The van der Waals surface area contributed by atoms with Crippen LogP contribution in [0.3, 0.4) is 0 Å². The lowest BCUT2D eigenvalue weighted by Crippen LogP contribution is -2.22. The van der Waals surface area contributed by atoms with Crippen molar-refractivity contribution in [2.24, 2.45) is 0 Å². The molecule has 0 spiro atoms. The van der Waals surface area contributed by atoms with E-state index < -0.39 is 11.9 Å². The highest BCUT2D eigenvalue weighted by Crippen LogP contribution is 2.13. The first-order valence-electron chi connectivity index (χ1n) is 8.09. The molecule has 0 saturated carbocycles. The third-order valence-electron chi connectivity index (χ3n) is 3.21. The second-order valence-corrected chi connectivity index (χ2v) is 5.76. The van der Waals surface area contributed by atoms with Gasteiger partial charge in [-0.25, -0.2) is 4.79 Å². The Kier molecular flexibility index (Phi) is 11.5. The van der Waals surface area contributed by atoms with Crippen LogP contribution in [0.5, 0.6) is 0 Å². The molecule has 1 unspecified atom stereocenters. The summed E-state index contributed by atoms with van der Waals surface area (Å²) in [5, 5.41) is 0. The molecule has 0 aliphatic carbocycles. The van der Waals surface area contributed by atoms with Crippen LogP contribution in [0.1, 0.15) is 52.4 Å². The second-order valence-electron chi connectivity index (χ2n) is 5.76. The van der Waals surface area contributed by atoms with Crippen molar-refractivity contribution in [3.63, 3.8) is 0 Å². The second kappa shape index (κ2) is 12.2. The number of esters is 2. The molecule has 0 rings (SSSR count). The highest BCUT2D eigenvalue weighted by atomic mass is 16.5. The summed E-state index contributed by atoms with van der Waals surface area (Å²) in [7, 11) is 3.79. The van der Waals surface area contributed by atoms with Crippen molar-refractivity contribution >= 4 is 11.9 Å². The number of unbranched alkanes of at least 4 members (excludes halogenated alkanes) is 1. The first kappa shape index (κ1) is 20.6. The molecule has 5 nitrogen and oxygen atoms in total. The first-order chi connectivity index (χ1) is 10.4. The summed E-state index contributed by atoms with van der Waals surface area (Å²) in [5.74, 6) is -0.927. The van der Waals surface area contributed by atoms with Crippen LogP contribution in [-0.4, -0.2) is 50.2 Å². The normalized spacial score (nSPS) is 12.0. The number of hydrogen-bond donors (Lipinski definition) is 0. The number of carbonyl (C=O) groups is 2. The van der Waals surface area contributed by atoms with Crippen molar-refractivity contribution in [1.29, 1.82) is 0 Å². The van der Waals surface area contributed by atoms with Gasteiger partial charge >= 0.3 is 11.9 Å². The number of rotatable bonds is 12. The van der Waals surface area contributed by atoms with Crippen LogP contribution in [0, 0.1) is 0 Å². The summed E-state index contributed by atoms with van der Waals surface area (Å²) < 4.78 is 10.5. The Balaban J connectivity index is 4.15. The molecule has 0 N–H and O–H groups in total. The number of likely N-dealkylation sites (N-methyl/N-ethyl adjacent to an activating group) is 1. The molecular formula is C17H31NO4. The van der Waals surface area contributed by atoms with Gasteiger partial charge in [-0.15, -0.1) is 0 Å². The van der Waals surface area contributed by atoms with Crippen molar-refractivity contribution in [3.8, 4) is 0 Å².